The summed E-state index contributed by atoms with van der Waals surface area (Å²) in [4.78, 5) is 13.4. The lowest BCUT2D eigenvalue weighted by Crippen LogP contribution is -2.46. The molecule has 2 aromatic carbocycles. The lowest BCUT2D eigenvalue weighted by molar-refractivity contribution is -0.149. The van der Waals surface area contributed by atoms with Crippen LogP contribution in [0.5, 0.6) is 5.75 Å². The topological polar surface area (TPSA) is 59.0 Å². The predicted molar refractivity (Wildman–Crippen MR) is 108 cm³/mol. The Hall–Kier alpha value is -2.65. The second-order valence-corrected chi connectivity index (χ2v) is 7.91. The van der Waals surface area contributed by atoms with Crippen molar-refractivity contribution in [2.24, 2.45) is 0 Å². The van der Waals surface area contributed by atoms with Crippen molar-refractivity contribution in [1.82, 2.24) is 4.90 Å². The van der Waals surface area contributed by atoms with E-state index in [0.717, 1.165) is 12.1 Å². The first kappa shape index (κ1) is 24.0. The number of piperidine rings is 1. The zero-order chi connectivity index (χ0) is 23.4. The molecule has 1 fully saturated rings. The number of alkyl halides is 3. The van der Waals surface area contributed by atoms with Gasteiger partial charge in [0.2, 0.25) is 0 Å². The third kappa shape index (κ3) is 6.43. The molecule has 174 valence electrons. The number of hydrogen-bond donors (Lipinski definition) is 1. The molecule has 0 saturated carbocycles. The van der Waals surface area contributed by atoms with Crippen LogP contribution < -0.4 is 4.74 Å². The highest BCUT2D eigenvalue weighted by atomic mass is 19.4. The summed E-state index contributed by atoms with van der Waals surface area (Å²) in [5, 5.41) is 11.0. The number of benzene rings is 2. The number of likely N-dealkylation sites (tertiary alicyclic amines) is 1. The van der Waals surface area contributed by atoms with Gasteiger partial charge in [0.15, 0.2) is 0 Å². The van der Waals surface area contributed by atoms with Gasteiger partial charge in [-0.1, -0.05) is 12.1 Å². The number of carbonyl (C=O) groups is 1. The molecule has 2 aromatic rings. The van der Waals surface area contributed by atoms with Crippen molar-refractivity contribution in [3.8, 4) is 5.75 Å². The molecule has 0 bridgehead atoms. The van der Waals surface area contributed by atoms with Gasteiger partial charge in [-0.3, -0.25) is 9.69 Å². The summed E-state index contributed by atoms with van der Waals surface area (Å²) in [6, 6.07) is 10.2. The smallest absolute Gasteiger partial charge is 0.416 e. The number of nitrogens with zero attached hydrogens (tertiary/aromatic N) is 1. The predicted octanol–water partition coefficient (Wildman–Crippen LogP) is 4.14. The van der Waals surface area contributed by atoms with Crippen molar-refractivity contribution in [3.05, 3.63) is 65.5 Å². The summed E-state index contributed by atoms with van der Waals surface area (Å²) >= 11 is 0. The Morgan fingerprint density at radius 1 is 1.16 bits per heavy atom. The SMILES string of the molecule is CC(=O)OC(COc1ccc(F)cc1)CN1CCC(O)(c2cccc(C(F)(F)F)c2)CC1. The largest absolute Gasteiger partial charge is 0.490 e. The summed E-state index contributed by atoms with van der Waals surface area (Å²) < 4.78 is 63.0. The second kappa shape index (κ2) is 9.87. The van der Waals surface area contributed by atoms with E-state index >= 15 is 0 Å². The Kier molecular flexibility index (Phi) is 7.40. The summed E-state index contributed by atoms with van der Waals surface area (Å²) in [6.07, 6.45) is -4.60. The molecule has 1 N–H and O–H groups in total. The van der Waals surface area contributed by atoms with E-state index in [-0.39, 0.29) is 25.0 Å². The van der Waals surface area contributed by atoms with Crippen LogP contribution in [0.3, 0.4) is 0 Å². The Balaban J connectivity index is 1.59. The van der Waals surface area contributed by atoms with E-state index in [2.05, 4.69) is 0 Å². The zero-order valence-electron chi connectivity index (χ0n) is 17.6. The van der Waals surface area contributed by atoms with Gasteiger partial charge in [0, 0.05) is 26.6 Å². The van der Waals surface area contributed by atoms with Crippen LogP contribution in [0.1, 0.15) is 30.9 Å². The van der Waals surface area contributed by atoms with Crippen LogP contribution in [0.2, 0.25) is 0 Å². The molecule has 1 heterocycles. The first-order chi connectivity index (χ1) is 15.0. The first-order valence-corrected chi connectivity index (χ1v) is 10.2. The average Bonchev–Trinajstić information content (AvgIpc) is 2.74. The number of rotatable bonds is 7. The summed E-state index contributed by atoms with van der Waals surface area (Å²) in [5.74, 6) is -0.438. The van der Waals surface area contributed by atoms with Gasteiger partial charge in [-0.2, -0.15) is 13.2 Å². The van der Waals surface area contributed by atoms with Crippen molar-refractivity contribution in [2.45, 2.75) is 37.6 Å². The van der Waals surface area contributed by atoms with Crippen molar-refractivity contribution in [1.29, 1.82) is 0 Å². The van der Waals surface area contributed by atoms with Gasteiger partial charge in [-0.25, -0.2) is 4.39 Å². The van der Waals surface area contributed by atoms with E-state index in [1.165, 1.54) is 43.3 Å². The molecular weight excluding hydrogens is 430 g/mol. The van der Waals surface area contributed by atoms with E-state index in [0.29, 0.717) is 25.4 Å². The normalized spacial score (nSPS) is 17.6. The number of halogens is 4. The van der Waals surface area contributed by atoms with E-state index in [1.54, 1.807) is 0 Å². The molecule has 1 saturated heterocycles. The van der Waals surface area contributed by atoms with Crippen LogP contribution in [-0.2, 0) is 21.3 Å². The monoisotopic (exact) mass is 455 g/mol. The maximum absolute atomic E-state index is 13.0. The second-order valence-electron chi connectivity index (χ2n) is 7.91. The minimum Gasteiger partial charge on any atom is -0.490 e. The molecule has 1 atom stereocenters. The van der Waals surface area contributed by atoms with Gasteiger partial charge >= 0.3 is 12.1 Å². The van der Waals surface area contributed by atoms with Gasteiger partial charge in [-0.05, 0) is 54.8 Å². The van der Waals surface area contributed by atoms with Crippen LogP contribution >= 0.6 is 0 Å². The average molecular weight is 455 g/mol. The van der Waals surface area contributed by atoms with Crippen molar-refractivity contribution < 1.29 is 36.9 Å². The van der Waals surface area contributed by atoms with E-state index in [4.69, 9.17) is 9.47 Å². The first-order valence-electron chi connectivity index (χ1n) is 10.2. The number of ether oxygens (including phenoxy) is 2. The van der Waals surface area contributed by atoms with Crippen molar-refractivity contribution in [2.75, 3.05) is 26.2 Å². The molecule has 0 amide bonds. The minimum atomic E-state index is -4.48. The van der Waals surface area contributed by atoms with Gasteiger partial charge in [0.1, 0.15) is 24.3 Å². The highest BCUT2D eigenvalue weighted by Crippen LogP contribution is 2.36. The van der Waals surface area contributed by atoms with E-state index in [1.807, 2.05) is 4.90 Å². The molecule has 0 spiro atoms. The molecule has 1 aliphatic heterocycles. The van der Waals surface area contributed by atoms with Crippen molar-refractivity contribution in [3.63, 3.8) is 0 Å². The Bertz CT molecular complexity index is 909. The Labute approximate surface area is 183 Å². The molecule has 0 radical (unpaired) electrons. The van der Waals surface area contributed by atoms with Crippen LogP contribution in [0.4, 0.5) is 17.6 Å². The third-order valence-corrected chi connectivity index (χ3v) is 5.45. The fraction of sp³-hybridized carbons (Fsp3) is 0.435. The van der Waals surface area contributed by atoms with Gasteiger partial charge in [0.25, 0.3) is 0 Å². The van der Waals surface area contributed by atoms with Gasteiger partial charge in [-0.15, -0.1) is 0 Å². The standard InChI is InChI=1S/C23H25F4NO4/c1-16(29)32-21(15-31-20-7-5-19(24)6-8-20)14-28-11-9-22(30,10-12-28)17-3-2-4-18(13-17)23(25,26)27/h2-8,13,21,30H,9-12,14-15H2,1H3. The minimum absolute atomic E-state index is 0.0552. The highest BCUT2D eigenvalue weighted by molar-refractivity contribution is 5.66. The highest BCUT2D eigenvalue weighted by Gasteiger charge is 2.37. The molecule has 3 rings (SSSR count). The molecule has 5 nitrogen and oxygen atoms in total. The van der Waals surface area contributed by atoms with E-state index in [9.17, 15) is 27.5 Å². The molecule has 1 aliphatic rings. The number of aliphatic hydroxyl groups is 1. The third-order valence-electron chi connectivity index (χ3n) is 5.45. The molecule has 0 aliphatic carbocycles. The molecular formula is C23H25F4NO4. The van der Waals surface area contributed by atoms with Crippen molar-refractivity contribution >= 4 is 5.97 Å². The lowest BCUT2D eigenvalue weighted by atomic mass is 9.83. The van der Waals surface area contributed by atoms with Crippen LogP contribution in [0, 0.1) is 5.82 Å². The van der Waals surface area contributed by atoms with Crippen LogP contribution in [0.25, 0.3) is 0 Å². The molecule has 0 aromatic heterocycles. The number of hydrogen-bond acceptors (Lipinski definition) is 5. The Morgan fingerprint density at radius 2 is 1.81 bits per heavy atom. The van der Waals surface area contributed by atoms with Crippen LogP contribution in [0.15, 0.2) is 48.5 Å². The summed E-state index contributed by atoms with van der Waals surface area (Å²) in [7, 11) is 0. The summed E-state index contributed by atoms with van der Waals surface area (Å²) in [5.41, 5.74) is -1.92. The molecule has 1 unspecified atom stereocenters. The zero-order valence-corrected chi connectivity index (χ0v) is 17.6. The van der Waals surface area contributed by atoms with Crippen LogP contribution in [-0.4, -0.2) is 48.3 Å². The molecule has 32 heavy (non-hydrogen) atoms. The van der Waals surface area contributed by atoms with E-state index < -0.39 is 35.2 Å². The lowest BCUT2D eigenvalue weighted by Gasteiger charge is -2.39. The van der Waals surface area contributed by atoms with Gasteiger partial charge < -0.3 is 14.6 Å². The van der Waals surface area contributed by atoms with Gasteiger partial charge in [0.05, 0.1) is 11.2 Å². The fourth-order valence-electron chi connectivity index (χ4n) is 3.75. The number of carbonyl (C=O) groups excluding carboxylic acids is 1. The summed E-state index contributed by atoms with van der Waals surface area (Å²) in [6.45, 7) is 2.48. The quantitative estimate of drug-likeness (QED) is 0.503. The Morgan fingerprint density at radius 3 is 2.41 bits per heavy atom. The molecule has 9 heteroatoms. The maximum Gasteiger partial charge on any atom is 0.416 e. The number of esters is 1. The fourth-order valence-corrected chi connectivity index (χ4v) is 3.75. The maximum atomic E-state index is 13.0.